The SMILES string of the molecule is C/C=C/C=C/C(=O)Nc1oc(C)c(C)c1C#N. The molecule has 0 aliphatic rings. The van der Waals surface area contributed by atoms with Crippen LogP contribution in [0.5, 0.6) is 0 Å². The van der Waals surface area contributed by atoms with E-state index >= 15 is 0 Å². The third-order valence-corrected chi connectivity index (χ3v) is 2.29. The Kier molecular flexibility index (Phi) is 4.29. The van der Waals surface area contributed by atoms with Gasteiger partial charge in [-0.2, -0.15) is 5.26 Å². The van der Waals surface area contributed by atoms with E-state index in [0.29, 0.717) is 11.3 Å². The summed E-state index contributed by atoms with van der Waals surface area (Å²) in [5.74, 6) is 0.514. The molecule has 0 bridgehead atoms. The quantitative estimate of drug-likeness (QED) is 0.641. The molecule has 88 valence electrons. The van der Waals surface area contributed by atoms with Crippen LogP contribution in [0.4, 0.5) is 5.88 Å². The van der Waals surface area contributed by atoms with Crippen molar-refractivity contribution in [3.05, 3.63) is 41.2 Å². The Bertz CT molecular complexity index is 516. The van der Waals surface area contributed by atoms with Gasteiger partial charge in [-0.05, 0) is 20.8 Å². The van der Waals surface area contributed by atoms with Gasteiger partial charge in [0.15, 0.2) is 0 Å². The van der Waals surface area contributed by atoms with Gasteiger partial charge >= 0.3 is 0 Å². The zero-order valence-corrected chi connectivity index (χ0v) is 10.1. The van der Waals surface area contributed by atoms with Gasteiger partial charge < -0.3 is 4.42 Å². The lowest BCUT2D eigenvalue weighted by atomic mass is 10.2. The number of carbonyl (C=O) groups excluding carboxylic acids is 1. The molecule has 1 amide bonds. The van der Waals surface area contributed by atoms with Crippen LogP contribution in [0.15, 0.2) is 28.7 Å². The number of amides is 1. The van der Waals surface area contributed by atoms with Crippen LogP contribution in [0.2, 0.25) is 0 Å². The molecule has 0 saturated heterocycles. The Balaban J connectivity index is 2.86. The van der Waals surface area contributed by atoms with Crippen molar-refractivity contribution in [3.8, 4) is 6.07 Å². The van der Waals surface area contributed by atoms with Gasteiger partial charge in [-0.25, -0.2) is 0 Å². The van der Waals surface area contributed by atoms with Gasteiger partial charge in [0.05, 0.1) is 0 Å². The van der Waals surface area contributed by atoms with Crippen LogP contribution in [0.25, 0.3) is 0 Å². The largest absolute Gasteiger partial charge is 0.444 e. The van der Waals surface area contributed by atoms with Crippen molar-refractivity contribution in [2.75, 3.05) is 5.32 Å². The van der Waals surface area contributed by atoms with Crippen molar-refractivity contribution >= 4 is 11.8 Å². The summed E-state index contributed by atoms with van der Waals surface area (Å²) in [6, 6.07) is 2.01. The summed E-state index contributed by atoms with van der Waals surface area (Å²) < 4.78 is 5.31. The molecule has 1 heterocycles. The molecular formula is C13H14N2O2. The molecule has 1 rings (SSSR count). The van der Waals surface area contributed by atoms with Crippen LogP contribution in [-0.2, 0) is 4.79 Å². The number of anilines is 1. The second-order valence-electron chi connectivity index (χ2n) is 3.47. The maximum absolute atomic E-state index is 11.5. The van der Waals surface area contributed by atoms with E-state index in [4.69, 9.17) is 9.68 Å². The summed E-state index contributed by atoms with van der Waals surface area (Å²) in [4.78, 5) is 11.5. The second kappa shape index (κ2) is 5.71. The molecule has 0 spiro atoms. The molecule has 0 radical (unpaired) electrons. The maximum atomic E-state index is 11.5. The van der Waals surface area contributed by atoms with E-state index in [1.54, 1.807) is 26.0 Å². The molecular weight excluding hydrogens is 216 g/mol. The van der Waals surface area contributed by atoms with E-state index in [-0.39, 0.29) is 11.8 Å². The summed E-state index contributed by atoms with van der Waals surface area (Å²) in [7, 11) is 0. The van der Waals surface area contributed by atoms with Gasteiger partial charge in [0.25, 0.3) is 5.91 Å². The van der Waals surface area contributed by atoms with Gasteiger partial charge in [-0.15, -0.1) is 0 Å². The van der Waals surface area contributed by atoms with Gasteiger partial charge in [-0.3, -0.25) is 10.1 Å². The standard InChI is InChI=1S/C13H14N2O2/c1-4-5-6-7-12(16)15-13-11(8-14)9(2)10(3)17-13/h4-7H,1-3H3,(H,15,16)/b5-4+,7-6+. The van der Waals surface area contributed by atoms with E-state index in [0.717, 1.165) is 5.56 Å². The molecule has 0 fully saturated rings. The normalized spacial score (nSPS) is 10.9. The van der Waals surface area contributed by atoms with Crippen LogP contribution in [0.3, 0.4) is 0 Å². The highest BCUT2D eigenvalue weighted by Crippen LogP contribution is 2.25. The Morgan fingerprint density at radius 2 is 2.12 bits per heavy atom. The molecule has 0 aromatic carbocycles. The van der Waals surface area contributed by atoms with Crippen LogP contribution < -0.4 is 5.32 Å². The second-order valence-corrected chi connectivity index (χ2v) is 3.47. The summed E-state index contributed by atoms with van der Waals surface area (Å²) in [6.45, 7) is 5.39. The number of aryl methyl sites for hydroxylation is 1. The number of hydrogen-bond donors (Lipinski definition) is 1. The highest BCUT2D eigenvalue weighted by molar-refractivity contribution is 5.99. The van der Waals surface area contributed by atoms with Crippen LogP contribution in [-0.4, -0.2) is 5.91 Å². The first-order valence-corrected chi connectivity index (χ1v) is 5.20. The fourth-order valence-electron chi connectivity index (χ4n) is 1.26. The molecule has 0 atom stereocenters. The summed E-state index contributed by atoms with van der Waals surface area (Å²) in [5.41, 5.74) is 1.12. The van der Waals surface area contributed by atoms with Gasteiger partial charge in [0.1, 0.15) is 17.4 Å². The Morgan fingerprint density at radius 1 is 1.41 bits per heavy atom. The molecule has 17 heavy (non-hydrogen) atoms. The Labute approximate surface area is 100 Å². The first-order chi connectivity index (χ1) is 8.10. The number of carbonyl (C=O) groups is 1. The monoisotopic (exact) mass is 230 g/mol. The molecule has 0 aliphatic heterocycles. The van der Waals surface area contributed by atoms with Gasteiger partial charge in [0.2, 0.25) is 5.88 Å². The van der Waals surface area contributed by atoms with E-state index in [1.165, 1.54) is 6.08 Å². The van der Waals surface area contributed by atoms with Crippen LogP contribution >= 0.6 is 0 Å². The lowest BCUT2D eigenvalue weighted by Gasteiger charge is -1.96. The molecule has 0 unspecified atom stereocenters. The van der Waals surface area contributed by atoms with Gasteiger partial charge in [0, 0.05) is 11.6 Å². The predicted octanol–water partition coefficient (Wildman–Crippen LogP) is 2.84. The highest BCUT2D eigenvalue weighted by Gasteiger charge is 2.15. The number of nitriles is 1. The zero-order valence-electron chi connectivity index (χ0n) is 10.1. The molecule has 1 aromatic rings. The number of hydrogen-bond acceptors (Lipinski definition) is 3. The molecule has 1 N–H and O–H groups in total. The molecule has 1 aromatic heterocycles. The number of nitrogens with one attached hydrogen (secondary N) is 1. The van der Waals surface area contributed by atoms with Crippen molar-refractivity contribution in [1.29, 1.82) is 5.26 Å². The fraction of sp³-hybridized carbons (Fsp3) is 0.231. The van der Waals surface area contributed by atoms with E-state index in [9.17, 15) is 4.79 Å². The minimum atomic E-state index is -0.326. The molecule has 4 heteroatoms. The van der Waals surface area contributed by atoms with E-state index < -0.39 is 0 Å². The van der Waals surface area contributed by atoms with Gasteiger partial charge in [-0.1, -0.05) is 18.2 Å². The van der Waals surface area contributed by atoms with Crippen molar-refractivity contribution in [2.45, 2.75) is 20.8 Å². The first kappa shape index (κ1) is 12.8. The topological polar surface area (TPSA) is 66.0 Å². The van der Waals surface area contributed by atoms with Crippen LogP contribution in [0.1, 0.15) is 23.8 Å². The first-order valence-electron chi connectivity index (χ1n) is 5.20. The number of allylic oxidation sites excluding steroid dienone is 3. The average Bonchev–Trinajstić information content (AvgIpc) is 2.54. The smallest absolute Gasteiger partial charge is 0.250 e. The maximum Gasteiger partial charge on any atom is 0.250 e. The van der Waals surface area contributed by atoms with E-state index in [2.05, 4.69) is 5.32 Å². The minimum Gasteiger partial charge on any atom is -0.444 e. The van der Waals surface area contributed by atoms with Crippen LogP contribution in [0, 0.1) is 25.2 Å². The Hall–Kier alpha value is -2.28. The van der Waals surface area contributed by atoms with Crippen molar-refractivity contribution in [2.24, 2.45) is 0 Å². The lowest BCUT2D eigenvalue weighted by molar-refractivity contribution is -0.112. The predicted molar refractivity (Wildman–Crippen MR) is 65.5 cm³/mol. The highest BCUT2D eigenvalue weighted by atomic mass is 16.4. The third kappa shape index (κ3) is 3.08. The number of furan rings is 1. The third-order valence-electron chi connectivity index (χ3n) is 2.29. The average molecular weight is 230 g/mol. The summed E-state index contributed by atoms with van der Waals surface area (Å²) in [6.07, 6.45) is 6.54. The summed E-state index contributed by atoms with van der Waals surface area (Å²) >= 11 is 0. The molecule has 0 saturated carbocycles. The number of rotatable bonds is 3. The molecule has 0 aliphatic carbocycles. The Morgan fingerprint density at radius 3 is 2.71 bits per heavy atom. The van der Waals surface area contributed by atoms with Crippen molar-refractivity contribution in [1.82, 2.24) is 0 Å². The van der Waals surface area contributed by atoms with Crippen molar-refractivity contribution in [3.63, 3.8) is 0 Å². The van der Waals surface area contributed by atoms with E-state index in [1.807, 2.05) is 19.1 Å². The van der Waals surface area contributed by atoms with Crippen molar-refractivity contribution < 1.29 is 9.21 Å². The lowest BCUT2D eigenvalue weighted by Crippen LogP contribution is -2.07. The number of nitrogens with zero attached hydrogens (tertiary/aromatic N) is 1. The zero-order chi connectivity index (χ0) is 12.8. The minimum absolute atomic E-state index is 0.206. The fourth-order valence-corrected chi connectivity index (χ4v) is 1.26. The molecule has 4 nitrogen and oxygen atoms in total. The summed E-state index contributed by atoms with van der Waals surface area (Å²) in [5, 5.41) is 11.5.